The van der Waals surface area contributed by atoms with Crippen LogP contribution in [0.15, 0.2) is 24.4 Å². The fourth-order valence-corrected chi connectivity index (χ4v) is 2.27. The molecule has 0 spiro atoms. The largest absolute Gasteiger partial charge is 0.496 e. The van der Waals surface area contributed by atoms with Gasteiger partial charge in [0.2, 0.25) is 0 Å². The molecule has 0 bridgehead atoms. The summed E-state index contributed by atoms with van der Waals surface area (Å²) < 4.78 is 5.46. The molecule has 0 aliphatic heterocycles. The average Bonchev–Trinajstić information content (AvgIpc) is 2.28. The summed E-state index contributed by atoms with van der Waals surface area (Å²) in [7, 11) is 1.72. The van der Waals surface area contributed by atoms with Gasteiger partial charge in [0, 0.05) is 23.2 Å². The van der Waals surface area contributed by atoms with Gasteiger partial charge in [0.05, 0.1) is 12.6 Å². The van der Waals surface area contributed by atoms with E-state index in [-0.39, 0.29) is 0 Å². The van der Waals surface area contributed by atoms with Crippen molar-refractivity contribution >= 4 is 10.9 Å². The van der Waals surface area contributed by atoms with Crippen LogP contribution in [-0.2, 0) is 0 Å². The average molecular weight is 215 g/mol. The van der Waals surface area contributed by atoms with Gasteiger partial charge in [-0.2, -0.15) is 0 Å². The Balaban J connectivity index is 2.82. The lowest BCUT2D eigenvalue weighted by Crippen LogP contribution is -1.99. The molecule has 0 radical (unpaired) electrons. The Morgan fingerprint density at radius 3 is 2.69 bits per heavy atom. The van der Waals surface area contributed by atoms with Gasteiger partial charge >= 0.3 is 0 Å². The van der Waals surface area contributed by atoms with E-state index in [1.807, 2.05) is 18.3 Å². The lowest BCUT2D eigenvalue weighted by atomic mass is 9.94. The van der Waals surface area contributed by atoms with Gasteiger partial charge in [-0.15, -0.1) is 0 Å². The summed E-state index contributed by atoms with van der Waals surface area (Å²) >= 11 is 0. The Hall–Kier alpha value is -1.57. The molecule has 0 atom stereocenters. The third-order valence-electron chi connectivity index (χ3n) is 2.98. The van der Waals surface area contributed by atoms with Crippen molar-refractivity contribution in [3.8, 4) is 5.75 Å². The van der Waals surface area contributed by atoms with E-state index in [2.05, 4.69) is 31.8 Å². The molecule has 0 saturated heterocycles. The summed E-state index contributed by atoms with van der Waals surface area (Å²) in [6.07, 6.45) is 1.82. The highest BCUT2D eigenvalue weighted by molar-refractivity contribution is 5.85. The fraction of sp³-hybridized carbons (Fsp3) is 0.357. The molecule has 2 rings (SSSR count). The number of methoxy groups -OCH3 is 1. The highest BCUT2D eigenvalue weighted by Crippen LogP contribution is 2.34. The van der Waals surface area contributed by atoms with Crippen LogP contribution in [0, 0.1) is 6.92 Å². The quantitative estimate of drug-likeness (QED) is 0.762. The number of pyridine rings is 1. The molecule has 0 aliphatic carbocycles. The van der Waals surface area contributed by atoms with Gasteiger partial charge < -0.3 is 4.74 Å². The number of aryl methyl sites for hydroxylation is 1. The highest BCUT2D eigenvalue weighted by atomic mass is 16.5. The topological polar surface area (TPSA) is 22.1 Å². The highest BCUT2D eigenvalue weighted by Gasteiger charge is 2.13. The Morgan fingerprint density at radius 1 is 1.31 bits per heavy atom. The predicted octanol–water partition coefficient (Wildman–Crippen LogP) is 3.68. The van der Waals surface area contributed by atoms with Crippen molar-refractivity contribution in [2.24, 2.45) is 0 Å². The van der Waals surface area contributed by atoms with Gasteiger partial charge in [-0.25, -0.2) is 0 Å². The zero-order chi connectivity index (χ0) is 11.7. The van der Waals surface area contributed by atoms with Gasteiger partial charge in [0.15, 0.2) is 0 Å². The summed E-state index contributed by atoms with van der Waals surface area (Å²) in [6, 6.07) is 6.12. The number of rotatable bonds is 2. The monoisotopic (exact) mass is 215 g/mol. The molecule has 2 nitrogen and oxygen atoms in total. The molecule has 0 aliphatic rings. The van der Waals surface area contributed by atoms with Crippen LogP contribution in [0.4, 0.5) is 0 Å². The molecular formula is C14H17NO. The number of benzene rings is 1. The molecule has 1 aromatic heterocycles. The first kappa shape index (κ1) is 10.9. The Bertz CT molecular complexity index is 517. The smallest absolute Gasteiger partial charge is 0.124 e. The minimum Gasteiger partial charge on any atom is -0.496 e. The van der Waals surface area contributed by atoms with E-state index in [1.165, 1.54) is 16.5 Å². The van der Waals surface area contributed by atoms with E-state index in [9.17, 15) is 0 Å². The molecule has 84 valence electrons. The molecule has 2 aromatic rings. The van der Waals surface area contributed by atoms with E-state index < -0.39 is 0 Å². The van der Waals surface area contributed by atoms with Crippen molar-refractivity contribution < 1.29 is 4.74 Å². The normalized spacial score (nSPS) is 11.1. The number of nitrogens with zero attached hydrogens (tertiary/aromatic N) is 1. The van der Waals surface area contributed by atoms with Crippen LogP contribution in [0.2, 0.25) is 0 Å². The Kier molecular flexibility index (Phi) is 2.82. The van der Waals surface area contributed by atoms with Crippen LogP contribution in [0.3, 0.4) is 0 Å². The fourth-order valence-electron chi connectivity index (χ4n) is 2.27. The second kappa shape index (κ2) is 4.12. The predicted molar refractivity (Wildman–Crippen MR) is 67.1 cm³/mol. The van der Waals surface area contributed by atoms with Crippen molar-refractivity contribution in [1.82, 2.24) is 4.98 Å². The third kappa shape index (κ3) is 1.64. The molecule has 2 heteroatoms. The Morgan fingerprint density at radius 2 is 2.06 bits per heavy atom. The van der Waals surface area contributed by atoms with Crippen LogP contribution in [0.25, 0.3) is 10.9 Å². The van der Waals surface area contributed by atoms with Crippen LogP contribution in [0.1, 0.15) is 30.9 Å². The standard InChI is InChI=1S/C14H17NO/c1-9(2)14-10(3)11-6-5-7-15-12(11)8-13(14)16-4/h5-9H,1-4H3. The SMILES string of the molecule is COc1cc2ncccc2c(C)c1C(C)C. The van der Waals surface area contributed by atoms with E-state index in [0.717, 1.165) is 11.3 Å². The maximum atomic E-state index is 5.46. The van der Waals surface area contributed by atoms with Gasteiger partial charge in [0.1, 0.15) is 5.75 Å². The number of hydrogen-bond donors (Lipinski definition) is 0. The number of hydrogen-bond acceptors (Lipinski definition) is 2. The van der Waals surface area contributed by atoms with Gasteiger partial charge in [-0.3, -0.25) is 4.98 Å². The first-order valence-corrected chi connectivity index (χ1v) is 5.57. The van der Waals surface area contributed by atoms with E-state index >= 15 is 0 Å². The van der Waals surface area contributed by atoms with Crippen molar-refractivity contribution in [1.29, 1.82) is 0 Å². The van der Waals surface area contributed by atoms with Crippen molar-refractivity contribution in [2.45, 2.75) is 26.7 Å². The van der Waals surface area contributed by atoms with E-state index in [1.54, 1.807) is 7.11 Å². The second-order valence-corrected chi connectivity index (χ2v) is 4.34. The zero-order valence-electron chi connectivity index (χ0n) is 10.2. The van der Waals surface area contributed by atoms with Crippen molar-refractivity contribution in [2.75, 3.05) is 7.11 Å². The lowest BCUT2D eigenvalue weighted by Gasteiger charge is -2.16. The van der Waals surface area contributed by atoms with Crippen LogP contribution in [0.5, 0.6) is 5.75 Å². The van der Waals surface area contributed by atoms with Gasteiger partial charge in [-0.05, 0) is 24.5 Å². The molecule has 0 N–H and O–H groups in total. The van der Waals surface area contributed by atoms with Crippen molar-refractivity contribution in [3.05, 3.63) is 35.5 Å². The molecular weight excluding hydrogens is 198 g/mol. The van der Waals surface area contributed by atoms with Gasteiger partial charge in [-0.1, -0.05) is 19.9 Å². The summed E-state index contributed by atoms with van der Waals surface area (Å²) in [5.41, 5.74) is 3.56. The molecule has 0 unspecified atom stereocenters. The molecule has 0 saturated carbocycles. The molecule has 16 heavy (non-hydrogen) atoms. The summed E-state index contributed by atoms with van der Waals surface area (Å²) in [4.78, 5) is 4.37. The molecule has 1 heterocycles. The number of ether oxygens (including phenoxy) is 1. The van der Waals surface area contributed by atoms with E-state index in [4.69, 9.17) is 4.74 Å². The molecule has 0 fully saturated rings. The first-order chi connectivity index (χ1) is 7.65. The summed E-state index contributed by atoms with van der Waals surface area (Å²) in [5, 5.41) is 1.21. The summed E-state index contributed by atoms with van der Waals surface area (Å²) in [5.74, 6) is 1.40. The maximum absolute atomic E-state index is 5.46. The minimum absolute atomic E-state index is 0.458. The first-order valence-electron chi connectivity index (χ1n) is 5.57. The maximum Gasteiger partial charge on any atom is 0.124 e. The molecule has 0 amide bonds. The minimum atomic E-state index is 0.458. The van der Waals surface area contributed by atoms with E-state index in [0.29, 0.717) is 5.92 Å². The third-order valence-corrected chi connectivity index (χ3v) is 2.98. The second-order valence-electron chi connectivity index (χ2n) is 4.34. The Labute approximate surface area is 96.3 Å². The zero-order valence-corrected chi connectivity index (χ0v) is 10.2. The lowest BCUT2D eigenvalue weighted by molar-refractivity contribution is 0.407. The summed E-state index contributed by atoms with van der Waals surface area (Å²) in [6.45, 7) is 6.52. The van der Waals surface area contributed by atoms with Crippen LogP contribution in [-0.4, -0.2) is 12.1 Å². The van der Waals surface area contributed by atoms with Crippen LogP contribution < -0.4 is 4.74 Å². The number of aromatic nitrogens is 1. The van der Waals surface area contributed by atoms with Crippen molar-refractivity contribution in [3.63, 3.8) is 0 Å². The van der Waals surface area contributed by atoms with Crippen LogP contribution >= 0.6 is 0 Å². The number of fused-ring (bicyclic) bond motifs is 1. The molecule has 1 aromatic carbocycles. The van der Waals surface area contributed by atoms with Gasteiger partial charge in [0.25, 0.3) is 0 Å².